The van der Waals surface area contributed by atoms with Gasteiger partial charge in [-0.25, -0.2) is 0 Å². The molecule has 2 rings (SSSR count). The fourth-order valence-electron chi connectivity index (χ4n) is 3.37. The van der Waals surface area contributed by atoms with Crippen molar-refractivity contribution in [1.29, 1.82) is 0 Å². The normalized spacial score (nSPS) is 17.4. The molecule has 1 aromatic heterocycles. The molecular weight excluding hydrogens is 252 g/mol. The van der Waals surface area contributed by atoms with Crippen LogP contribution in [0.2, 0.25) is 0 Å². The summed E-state index contributed by atoms with van der Waals surface area (Å²) in [7, 11) is 0. The number of nitrogens with zero attached hydrogens (tertiary/aromatic N) is 1. The second-order valence-electron chi connectivity index (χ2n) is 6.42. The molecule has 0 bridgehead atoms. The third-order valence-corrected chi connectivity index (χ3v) is 4.12. The van der Waals surface area contributed by atoms with Crippen LogP contribution in [0.4, 0.5) is 0 Å². The summed E-state index contributed by atoms with van der Waals surface area (Å²) in [5.41, 5.74) is 0.677. The number of carbonyl (C=O) groups is 1. The number of hydrogen-bond donors (Lipinski definition) is 2. The van der Waals surface area contributed by atoms with E-state index in [1.54, 1.807) is 0 Å². The molecule has 0 spiro atoms. The molecule has 2 N–H and O–H groups in total. The first-order valence-electron chi connectivity index (χ1n) is 7.43. The van der Waals surface area contributed by atoms with Crippen LogP contribution in [0, 0.1) is 11.3 Å². The van der Waals surface area contributed by atoms with E-state index in [1.165, 1.54) is 44.1 Å². The minimum Gasteiger partial charge on any atom is -0.506 e. The molecule has 1 fully saturated rings. The van der Waals surface area contributed by atoms with Gasteiger partial charge in [-0.15, -0.1) is 0 Å². The maximum Gasteiger partial charge on any atom is 0.253 e. The summed E-state index contributed by atoms with van der Waals surface area (Å²) in [4.78, 5) is 16.0. The summed E-state index contributed by atoms with van der Waals surface area (Å²) >= 11 is 0. The molecule has 0 aliphatic heterocycles. The van der Waals surface area contributed by atoms with Crippen molar-refractivity contribution in [2.24, 2.45) is 11.3 Å². The van der Waals surface area contributed by atoms with Crippen LogP contribution in [-0.2, 0) is 0 Å². The summed E-state index contributed by atoms with van der Waals surface area (Å²) in [6.45, 7) is 5.20. The second kappa shape index (κ2) is 6.25. The van der Waals surface area contributed by atoms with E-state index in [-0.39, 0.29) is 17.1 Å². The van der Waals surface area contributed by atoms with Gasteiger partial charge in [-0.05, 0) is 36.7 Å². The van der Waals surface area contributed by atoms with Gasteiger partial charge in [-0.2, -0.15) is 0 Å². The molecule has 1 aliphatic carbocycles. The molecular formula is C16H24N2O2. The minimum atomic E-state index is -0.150. The van der Waals surface area contributed by atoms with E-state index in [4.69, 9.17) is 0 Å². The number of aromatic nitrogens is 1. The molecule has 110 valence electrons. The predicted octanol–water partition coefficient (Wildman–Crippen LogP) is 3.12. The maximum atomic E-state index is 12.1. The summed E-state index contributed by atoms with van der Waals surface area (Å²) in [6.07, 6.45) is 8.89. The van der Waals surface area contributed by atoms with Gasteiger partial charge in [0.25, 0.3) is 5.91 Å². The molecule has 0 aromatic carbocycles. The predicted molar refractivity (Wildman–Crippen MR) is 78.6 cm³/mol. The number of amides is 1. The average molecular weight is 276 g/mol. The molecule has 4 heteroatoms. The van der Waals surface area contributed by atoms with Gasteiger partial charge in [0.15, 0.2) is 0 Å². The highest BCUT2D eigenvalue weighted by atomic mass is 16.3. The first-order valence-corrected chi connectivity index (χ1v) is 7.43. The molecule has 0 unspecified atom stereocenters. The van der Waals surface area contributed by atoms with Gasteiger partial charge in [-0.1, -0.05) is 26.7 Å². The number of hydrogen-bond acceptors (Lipinski definition) is 3. The van der Waals surface area contributed by atoms with Crippen LogP contribution in [-0.4, -0.2) is 22.5 Å². The first-order chi connectivity index (χ1) is 9.51. The molecule has 0 radical (unpaired) electrons. The summed E-state index contributed by atoms with van der Waals surface area (Å²) in [5, 5.41) is 12.4. The summed E-state index contributed by atoms with van der Waals surface area (Å²) < 4.78 is 0. The molecule has 1 saturated carbocycles. The zero-order valence-corrected chi connectivity index (χ0v) is 12.4. The largest absolute Gasteiger partial charge is 0.506 e. The Labute approximate surface area is 120 Å². The SMILES string of the molecule is CC(C)CC1(CNC(=O)c2cncc(O)c2)CCCC1. The van der Waals surface area contributed by atoms with Gasteiger partial charge in [0.1, 0.15) is 5.75 Å². The Morgan fingerprint density at radius 3 is 2.70 bits per heavy atom. The lowest BCUT2D eigenvalue weighted by Gasteiger charge is -2.31. The topological polar surface area (TPSA) is 62.2 Å². The van der Waals surface area contributed by atoms with Crippen molar-refractivity contribution in [2.45, 2.75) is 46.0 Å². The van der Waals surface area contributed by atoms with E-state index in [0.29, 0.717) is 11.5 Å². The lowest BCUT2D eigenvalue weighted by atomic mass is 9.78. The second-order valence-corrected chi connectivity index (χ2v) is 6.42. The summed E-state index contributed by atoms with van der Waals surface area (Å²) in [6, 6.07) is 1.45. The number of nitrogens with one attached hydrogen (secondary N) is 1. The van der Waals surface area contributed by atoms with E-state index in [2.05, 4.69) is 24.1 Å². The molecule has 0 saturated heterocycles. The first kappa shape index (κ1) is 14.8. The zero-order valence-electron chi connectivity index (χ0n) is 12.4. The van der Waals surface area contributed by atoms with Crippen molar-refractivity contribution in [3.63, 3.8) is 0 Å². The molecule has 1 amide bonds. The van der Waals surface area contributed by atoms with Crippen LogP contribution in [0.5, 0.6) is 5.75 Å². The highest BCUT2D eigenvalue weighted by Crippen LogP contribution is 2.42. The molecule has 1 aromatic rings. The lowest BCUT2D eigenvalue weighted by Crippen LogP contribution is -2.36. The van der Waals surface area contributed by atoms with Crippen molar-refractivity contribution in [1.82, 2.24) is 10.3 Å². The van der Waals surface area contributed by atoms with Crippen LogP contribution in [0.3, 0.4) is 0 Å². The number of carbonyl (C=O) groups excluding carboxylic acids is 1. The minimum absolute atomic E-state index is 0.0235. The molecule has 4 nitrogen and oxygen atoms in total. The Morgan fingerprint density at radius 2 is 2.10 bits per heavy atom. The highest BCUT2D eigenvalue weighted by molar-refractivity contribution is 5.94. The average Bonchev–Trinajstić information content (AvgIpc) is 2.84. The monoisotopic (exact) mass is 276 g/mol. The van der Waals surface area contributed by atoms with Gasteiger partial charge < -0.3 is 10.4 Å². The Hall–Kier alpha value is -1.58. The molecule has 20 heavy (non-hydrogen) atoms. The molecule has 1 heterocycles. The van der Waals surface area contributed by atoms with Gasteiger partial charge in [-0.3, -0.25) is 9.78 Å². The number of aromatic hydroxyl groups is 1. The van der Waals surface area contributed by atoms with Crippen molar-refractivity contribution < 1.29 is 9.90 Å². The van der Waals surface area contributed by atoms with Gasteiger partial charge in [0.2, 0.25) is 0 Å². The van der Waals surface area contributed by atoms with E-state index < -0.39 is 0 Å². The van der Waals surface area contributed by atoms with E-state index in [9.17, 15) is 9.90 Å². The van der Waals surface area contributed by atoms with Crippen LogP contribution >= 0.6 is 0 Å². The highest BCUT2D eigenvalue weighted by Gasteiger charge is 2.34. The molecule has 1 aliphatic rings. The van der Waals surface area contributed by atoms with Crippen molar-refractivity contribution in [3.05, 3.63) is 24.0 Å². The van der Waals surface area contributed by atoms with Crippen molar-refractivity contribution in [2.75, 3.05) is 6.54 Å². The van der Waals surface area contributed by atoms with Crippen LogP contribution < -0.4 is 5.32 Å². The third kappa shape index (κ3) is 3.71. The van der Waals surface area contributed by atoms with Crippen LogP contribution in [0.15, 0.2) is 18.5 Å². The Kier molecular flexibility index (Phi) is 4.63. The van der Waals surface area contributed by atoms with Crippen molar-refractivity contribution >= 4 is 5.91 Å². The van der Waals surface area contributed by atoms with Crippen molar-refractivity contribution in [3.8, 4) is 5.75 Å². The smallest absolute Gasteiger partial charge is 0.253 e. The summed E-state index contributed by atoms with van der Waals surface area (Å²) in [5.74, 6) is 0.520. The van der Waals surface area contributed by atoms with E-state index >= 15 is 0 Å². The number of rotatable bonds is 5. The van der Waals surface area contributed by atoms with Gasteiger partial charge in [0.05, 0.1) is 11.8 Å². The maximum absolute atomic E-state index is 12.1. The standard InChI is InChI=1S/C16H24N2O2/c1-12(2)8-16(5-3-4-6-16)11-18-15(20)13-7-14(19)10-17-9-13/h7,9-10,12,19H,3-6,8,11H2,1-2H3,(H,18,20). The van der Waals surface area contributed by atoms with Gasteiger partial charge >= 0.3 is 0 Å². The Bertz CT molecular complexity index is 465. The van der Waals surface area contributed by atoms with Crippen LogP contribution in [0.25, 0.3) is 0 Å². The quantitative estimate of drug-likeness (QED) is 0.868. The van der Waals surface area contributed by atoms with E-state index in [1.807, 2.05) is 0 Å². The van der Waals surface area contributed by atoms with E-state index in [0.717, 1.165) is 13.0 Å². The fourth-order valence-corrected chi connectivity index (χ4v) is 3.37. The zero-order chi connectivity index (χ0) is 14.6. The van der Waals surface area contributed by atoms with Gasteiger partial charge in [0, 0.05) is 12.7 Å². The fraction of sp³-hybridized carbons (Fsp3) is 0.625. The van der Waals surface area contributed by atoms with Crippen LogP contribution in [0.1, 0.15) is 56.3 Å². The lowest BCUT2D eigenvalue weighted by molar-refractivity contribution is 0.0921. The third-order valence-electron chi connectivity index (χ3n) is 4.12. The number of pyridine rings is 1. The Morgan fingerprint density at radius 1 is 1.40 bits per heavy atom. The molecule has 0 atom stereocenters. The Balaban J connectivity index is 1.97.